The summed E-state index contributed by atoms with van der Waals surface area (Å²) >= 11 is 1.21. The number of aliphatic imine (C=N–C) groups is 1. The van der Waals surface area contributed by atoms with Gasteiger partial charge in [-0.15, -0.1) is 0 Å². The van der Waals surface area contributed by atoms with E-state index < -0.39 is 11.2 Å². The van der Waals surface area contributed by atoms with Gasteiger partial charge in [0.25, 0.3) is 0 Å². The van der Waals surface area contributed by atoms with Gasteiger partial charge in [-0.3, -0.25) is 14.4 Å². The predicted octanol–water partition coefficient (Wildman–Crippen LogP) is 5.55. The average molecular weight is 576 g/mol. The Bertz CT molecular complexity index is 1730. The van der Waals surface area contributed by atoms with E-state index in [4.69, 9.17) is 4.74 Å². The van der Waals surface area contributed by atoms with E-state index in [0.717, 1.165) is 17.5 Å². The molecule has 1 saturated heterocycles. The highest BCUT2D eigenvalue weighted by Crippen LogP contribution is 2.36. The first-order chi connectivity index (χ1) is 20.4. The number of thioether (sulfide) groups is 1. The number of nitrogens with zero attached hydrogens (tertiary/aromatic N) is 1. The lowest BCUT2D eigenvalue weighted by Crippen LogP contribution is -2.28. The smallest absolute Gasteiger partial charge is 0.338 e. The predicted molar refractivity (Wildman–Crippen MR) is 162 cm³/mol. The molecule has 8 nitrogen and oxygen atoms in total. The number of carbonyl (C=O) groups is 4. The number of para-hydroxylation sites is 1. The molecule has 4 aromatic carbocycles. The van der Waals surface area contributed by atoms with Gasteiger partial charge in [0.15, 0.2) is 17.6 Å². The van der Waals surface area contributed by atoms with E-state index in [1.165, 1.54) is 35.0 Å². The van der Waals surface area contributed by atoms with Crippen molar-refractivity contribution in [2.24, 2.45) is 4.99 Å². The Hall–Kier alpha value is -5.02. The Labute approximate surface area is 246 Å². The minimum atomic E-state index is -0.640. The standard InChI is InChI=1S/C33H25N3O5S/c37-28(22-12-15-27-23(17-22)16-21-6-4-5-9-26(21)27)19-41-32(40)20-10-13-25(14-11-20)34-30(38)18-29-31(39)36-33(42-29)35-24-7-2-1-3-8-24/h1-15,17,29H,16,18-19H2,(H,34,38)(H,35,36,39). The topological polar surface area (TPSA) is 114 Å². The van der Waals surface area contributed by atoms with Gasteiger partial charge in [0.1, 0.15) is 5.25 Å². The Morgan fingerprint density at radius 3 is 2.38 bits per heavy atom. The van der Waals surface area contributed by atoms with Crippen molar-refractivity contribution < 1.29 is 23.9 Å². The third-order valence-corrected chi connectivity index (χ3v) is 8.07. The molecular weight excluding hydrogens is 550 g/mol. The van der Waals surface area contributed by atoms with Crippen LogP contribution in [0.1, 0.15) is 38.3 Å². The minimum absolute atomic E-state index is 0.0367. The number of carbonyl (C=O) groups excluding carboxylic acids is 4. The van der Waals surface area contributed by atoms with Gasteiger partial charge >= 0.3 is 5.97 Å². The lowest BCUT2D eigenvalue weighted by Gasteiger charge is -2.09. The third-order valence-electron chi connectivity index (χ3n) is 6.99. The maximum Gasteiger partial charge on any atom is 0.338 e. The highest BCUT2D eigenvalue weighted by Gasteiger charge is 2.32. The number of amides is 2. The van der Waals surface area contributed by atoms with Crippen molar-refractivity contribution in [3.05, 3.63) is 119 Å². The number of ether oxygens (including phenoxy) is 1. The van der Waals surface area contributed by atoms with Crippen LogP contribution in [0.15, 0.2) is 102 Å². The Kier molecular flexibility index (Phi) is 7.66. The fourth-order valence-corrected chi connectivity index (χ4v) is 5.89. The quantitative estimate of drug-likeness (QED) is 0.185. The molecule has 0 spiro atoms. The second kappa shape index (κ2) is 11.8. The molecule has 208 valence electrons. The molecule has 2 aliphatic rings. The molecule has 1 heterocycles. The highest BCUT2D eigenvalue weighted by molar-refractivity contribution is 8.15. The van der Waals surface area contributed by atoms with E-state index in [-0.39, 0.29) is 36.2 Å². The molecule has 1 atom stereocenters. The van der Waals surface area contributed by atoms with E-state index in [0.29, 0.717) is 22.1 Å². The third kappa shape index (κ3) is 6.01. The van der Waals surface area contributed by atoms with Crippen LogP contribution >= 0.6 is 11.8 Å². The van der Waals surface area contributed by atoms with Crippen molar-refractivity contribution in [2.45, 2.75) is 18.1 Å². The zero-order chi connectivity index (χ0) is 29.1. The number of amidine groups is 1. The van der Waals surface area contributed by atoms with Crippen LogP contribution in [-0.4, -0.2) is 40.6 Å². The molecule has 2 amide bonds. The molecule has 0 aromatic heterocycles. The normalized spacial score (nSPS) is 16.0. The van der Waals surface area contributed by atoms with Crippen LogP contribution in [0, 0.1) is 0 Å². The van der Waals surface area contributed by atoms with Gasteiger partial charge < -0.3 is 15.4 Å². The summed E-state index contributed by atoms with van der Waals surface area (Å²) in [6.07, 6.45) is 0.733. The van der Waals surface area contributed by atoms with Gasteiger partial charge in [-0.1, -0.05) is 66.4 Å². The van der Waals surface area contributed by atoms with Crippen molar-refractivity contribution in [2.75, 3.05) is 11.9 Å². The molecule has 4 aromatic rings. The van der Waals surface area contributed by atoms with E-state index in [9.17, 15) is 19.2 Å². The number of fused-ring (bicyclic) bond motifs is 3. The zero-order valence-electron chi connectivity index (χ0n) is 22.3. The van der Waals surface area contributed by atoms with Crippen LogP contribution in [0.2, 0.25) is 0 Å². The summed E-state index contributed by atoms with van der Waals surface area (Å²) in [5.74, 6) is -1.54. The number of hydrogen-bond acceptors (Lipinski definition) is 7. The summed E-state index contributed by atoms with van der Waals surface area (Å²) in [5, 5.41) is 5.30. The molecule has 2 N–H and O–H groups in total. The molecule has 0 saturated carbocycles. The van der Waals surface area contributed by atoms with Gasteiger partial charge in [0.05, 0.1) is 11.3 Å². The molecule has 42 heavy (non-hydrogen) atoms. The fraction of sp³-hybridized carbons (Fsp3) is 0.121. The van der Waals surface area contributed by atoms with E-state index in [1.807, 2.05) is 54.6 Å². The molecule has 6 rings (SSSR count). The maximum absolute atomic E-state index is 12.7. The molecule has 1 fully saturated rings. The number of benzene rings is 4. The van der Waals surface area contributed by atoms with Crippen LogP contribution in [0.25, 0.3) is 11.1 Å². The lowest BCUT2D eigenvalue weighted by atomic mass is 10.0. The van der Waals surface area contributed by atoms with Crippen LogP contribution in [0.4, 0.5) is 11.4 Å². The van der Waals surface area contributed by atoms with Gasteiger partial charge in [-0.2, -0.15) is 0 Å². The molecule has 1 aliphatic carbocycles. The van der Waals surface area contributed by atoms with Crippen molar-refractivity contribution in [3.63, 3.8) is 0 Å². The van der Waals surface area contributed by atoms with Crippen LogP contribution in [-0.2, 0) is 20.7 Å². The summed E-state index contributed by atoms with van der Waals surface area (Å²) in [7, 11) is 0. The Balaban J connectivity index is 0.989. The first-order valence-electron chi connectivity index (χ1n) is 13.4. The molecule has 0 radical (unpaired) electrons. The fourth-order valence-electron chi connectivity index (χ4n) is 4.90. The second-order valence-corrected chi connectivity index (χ2v) is 11.1. The number of Topliss-reactive ketones (excluding diaryl/α,β-unsaturated/α-hetero) is 1. The van der Waals surface area contributed by atoms with Crippen molar-refractivity contribution in [3.8, 4) is 11.1 Å². The summed E-state index contributed by atoms with van der Waals surface area (Å²) < 4.78 is 5.27. The first kappa shape index (κ1) is 27.2. The number of hydrogen-bond donors (Lipinski definition) is 2. The van der Waals surface area contributed by atoms with Crippen molar-refractivity contribution >= 4 is 51.9 Å². The van der Waals surface area contributed by atoms with Gasteiger partial charge in [-0.05, 0) is 71.1 Å². The Morgan fingerprint density at radius 2 is 1.57 bits per heavy atom. The summed E-state index contributed by atoms with van der Waals surface area (Å²) in [6, 6.07) is 29.1. The number of rotatable bonds is 8. The number of nitrogens with one attached hydrogen (secondary N) is 2. The molecule has 9 heteroatoms. The van der Waals surface area contributed by atoms with Gasteiger partial charge in [-0.25, -0.2) is 9.79 Å². The molecule has 0 bridgehead atoms. The Morgan fingerprint density at radius 1 is 0.857 bits per heavy atom. The summed E-state index contributed by atoms with van der Waals surface area (Å²) in [4.78, 5) is 54.6. The van der Waals surface area contributed by atoms with Crippen LogP contribution in [0.3, 0.4) is 0 Å². The first-order valence-corrected chi connectivity index (χ1v) is 14.2. The summed E-state index contributed by atoms with van der Waals surface area (Å²) in [5.41, 5.74) is 6.54. The van der Waals surface area contributed by atoms with Gasteiger partial charge in [0.2, 0.25) is 11.8 Å². The number of anilines is 1. The monoisotopic (exact) mass is 575 g/mol. The van der Waals surface area contributed by atoms with Crippen LogP contribution < -0.4 is 10.6 Å². The SMILES string of the molecule is O=C(CC1SC(=Nc2ccccc2)NC1=O)Nc1ccc(C(=O)OCC(=O)c2ccc3c(c2)Cc2ccccc2-3)cc1. The van der Waals surface area contributed by atoms with E-state index in [2.05, 4.69) is 27.8 Å². The number of ketones is 1. The molecule has 1 unspecified atom stereocenters. The molecular formula is C33H25N3O5S. The average Bonchev–Trinajstić information content (AvgIpc) is 3.54. The lowest BCUT2D eigenvalue weighted by molar-refractivity contribution is -0.122. The van der Waals surface area contributed by atoms with Crippen LogP contribution in [0.5, 0.6) is 0 Å². The van der Waals surface area contributed by atoms with Gasteiger partial charge in [0, 0.05) is 17.7 Å². The van der Waals surface area contributed by atoms with Crippen molar-refractivity contribution in [1.82, 2.24) is 5.32 Å². The minimum Gasteiger partial charge on any atom is -0.454 e. The largest absolute Gasteiger partial charge is 0.454 e. The summed E-state index contributed by atoms with van der Waals surface area (Å²) in [6.45, 7) is -0.375. The van der Waals surface area contributed by atoms with Crippen molar-refractivity contribution in [1.29, 1.82) is 0 Å². The highest BCUT2D eigenvalue weighted by atomic mass is 32.2. The van der Waals surface area contributed by atoms with E-state index in [1.54, 1.807) is 18.2 Å². The number of esters is 1. The second-order valence-electron chi connectivity index (χ2n) is 9.88. The maximum atomic E-state index is 12.7. The van der Waals surface area contributed by atoms with E-state index >= 15 is 0 Å². The molecule has 1 aliphatic heterocycles. The zero-order valence-corrected chi connectivity index (χ0v) is 23.1.